The first-order valence-corrected chi connectivity index (χ1v) is 3.92. The van der Waals surface area contributed by atoms with Gasteiger partial charge < -0.3 is 19.0 Å². The molecule has 0 spiro atoms. The van der Waals surface area contributed by atoms with E-state index in [1.165, 1.54) is 6.92 Å². The fourth-order valence-corrected chi connectivity index (χ4v) is 0.537. The fourth-order valence-electron chi connectivity index (χ4n) is 0.236. The summed E-state index contributed by atoms with van der Waals surface area (Å²) >= 11 is 0. The molecule has 62 valence electrons. The number of aliphatic hydroxyl groups is 1. The van der Waals surface area contributed by atoms with Crippen LogP contribution in [0.2, 0.25) is 0 Å². The molecular formula is C6H9O4P. The molecule has 0 saturated heterocycles. The number of aliphatic hydroxyl groups excluding tert-OH is 1. The van der Waals surface area contributed by atoms with Crippen molar-refractivity contribution in [1.29, 1.82) is 0 Å². The van der Waals surface area contributed by atoms with Crippen molar-refractivity contribution in [2.75, 3.05) is 0 Å². The molecule has 0 aromatic heterocycles. The third kappa shape index (κ3) is 7.14. The maximum atomic E-state index is 8.73. The SMILES string of the molecule is C=COP(O)OC#CC(C)O. The molecule has 0 radical (unpaired) electrons. The Morgan fingerprint density at radius 3 is 2.82 bits per heavy atom. The zero-order valence-corrected chi connectivity index (χ0v) is 6.91. The van der Waals surface area contributed by atoms with Gasteiger partial charge in [0.05, 0.1) is 6.26 Å². The highest BCUT2D eigenvalue weighted by Crippen LogP contribution is 2.31. The fraction of sp³-hybridized carbons (Fsp3) is 0.333. The normalized spacial score (nSPS) is 13.7. The van der Waals surface area contributed by atoms with Gasteiger partial charge in [-0.25, -0.2) is 0 Å². The molecule has 0 aliphatic rings. The van der Waals surface area contributed by atoms with Gasteiger partial charge in [-0.15, -0.1) is 0 Å². The Balaban J connectivity index is 3.54. The van der Waals surface area contributed by atoms with E-state index in [1.807, 2.05) is 0 Å². The van der Waals surface area contributed by atoms with Crippen molar-refractivity contribution in [1.82, 2.24) is 0 Å². The van der Waals surface area contributed by atoms with Gasteiger partial charge in [0.1, 0.15) is 12.2 Å². The Morgan fingerprint density at radius 1 is 1.73 bits per heavy atom. The number of hydrogen-bond donors (Lipinski definition) is 2. The van der Waals surface area contributed by atoms with E-state index in [4.69, 9.17) is 10.00 Å². The van der Waals surface area contributed by atoms with Gasteiger partial charge in [0, 0.05) is 0 Å². The average Bonchev–Trinajstić information content (AvgIpc) is 1.87. The maximum absolute atomic E-state index is 8.73. The first kappa shape index (κ1) is 10.2. The summed E-state index contributed by atoms with van der Waals surface area (Å²) in [6, 6.07) is 0. The number of hydrogen-bond acceptors (Lipinski definition) is 4. The molecule has 0 aromatic carbocycles. The quantitative estimate of drug-likeness (QED) is 0.378. The van der Waals surface area contributed by atoms with E-state index in [0.29, 0.717) is 0 Å². The Hall–Kier alpha value is -0.750. The summed E-state index contributed by atoms with van der Waals surface area (Å²) in [4.78, 5) is 8.73. The smallest absolute Gasteiger partial charge is 0.426 e. The summed E-state index contributed by atoms with van der Waals surface area (Å²) in [5.74, 6) is 2.26. The van der Waals surface area contributed by atoms with Gasteiger partial charge in [-0.2, -0.15) is 0 Å². The zero-order chi connectivity index (χ0) is 8.69. The lowest BCUT2D eigenvalue weighted by atomic mass is 10.4. The molecule has 0 saturated carbocycles. The van der Waals surface area contributed by atoms with E-state index in [-0.39, 0.29) is 0 Å². The molecule has 5 heteroatoms. The third-order valence-corrected chi connectivity index (χ3v) is 1.13. The molecule has 2 atom stereocenters. The summed E-state index contributed by atoms with van der Waals surface area (Å²) < 4.78 is 8.80. The summed E-state index contributed by atoms with van der Waals surface area (Å²) in [5, 5.41) is 8.61. The molecule has 0 aliphatic carbocycles. The van der Waals surface area contributed by atoms with Gasteiger partial charge in [0.25, 0.3) is 0 Å². The lowest BCUT2D eigenvalue weighted by Gasteiger charge is -2.01. The molecular weight excluding hydrogens is 167 g/mol. The molecule has 2 unspecified atom stereocenters. The van der Waals surface area contributed by atoms with Crippen molar-refractivity contribution < 1.29 is 19.0 Å². The van der Waals surface area contributed by atoms with Crippen molar-refractivity contribution in [3.05, 3.63) is 12.8 Å². The molecule has 0 bridgehead atoms. The van der Waals surface area contributed by atoms with Crippen LogP contribution in [-0.2, 0) is 9.05 Å². The van der Waals surface area contributed by atoms with Crippen molar-refractivity contribution >= 4 is 8.60 Å². The van der Waals surface area contributed by atoms with Crippen LogP contribution >= 0.6 is 8.60 Å². The molecule has 4 nitrogen and oxygen atoms in total. The summed E-state index contributed by atoms with van der Waals surface area (Å²) in [7, 11) is -2.01. The molecule has 0 amide bonds. The Labute approximate surface area is 66.4 Å². The lowest BCUT2D eigenvalue weighted by Crippen LogP contribution is -1.92. The topological polar surface area (TPSA) is 58.9 Å². The highest BCUT2D eigenvalue weighted by molar-refractivity contribution is 7.40. The van der Waals surface area contributed by atoms with E-state index in [9.17, 15) is 0 Å². The zero-order valence-electron chi connectivity index (χ0n) is 6.02. The average molecular weight is 176 g/mol. The van der Waals surface area contributed by atoms with Crippen molar-refractivity contribution in [3.8, 4) is 12.0 Å². The maximum Gasteiger partial charge on any atom is 0.468 e. The minimum atomic E-state index is -2.01. The first-order chi connectivity index (χ1) is 5.16. The van der Waals surface area contributed by atoms with Crippen LogP contribution in [-0.4, -0.2) is 16.1 Å². The van der Waals surface area contributed by atoms with E-state index >= 15 is 0 Å². The van der Waals surface area contributed by atoms with Gasteiger partial charge in [-0.05, 0) is 12.8 Å². The van der Waals surface area contributed by atoms with Crippen LogP contribution in [0.3, 0.4) is 0 Å². The van der Waals surface area contributed by atoms with Gasteiger partial charge in [0.2, 0.25) is 0 Å². The van der Waals surface area contributed by atoms with Crippen LogP contribution in [0.15, 0.2) is 12.8 Å². The Bertz CT molecular complexity index is 169. The molecule has 0 aliphatic heterocycles. The molecule has 0 rings (SSSR count). The Morgan fingerprint density at radius 2 is 2.36 bits per heavy atom. The minimum absolute atomic E-state index is 0.776. The van der Waals surface area contributed by atoms with Crippen LogP contribution in [0.5, 0.6) is 0 Å². The monoisotopic (exact) mass is 176 g/mol. The second kappa shape index (κ2) is 5.99. The highest BCUT2D eigenvalue weighted by atomic mass is 31.2. The van der Waals surface area contributed by atoms with Crippen molar-refractivity contribution in [2.45, 2.75) is 13.0 Å². The van der Waals surface area contributed by atoms with E-state index in [0.717, 1.165) is 6.26 Å². The predicted octanol–water partition coefficient (Wildman–Crippen LogP) is 0.724. The van der Waals surface area contributed by atoms with Gasteiger partial charge in [0.15, 0.2) is 0 Å². The largest absolute Gasteiger partial charge is 0.468 e. The second-order valence-electron chi connectivity index (χ2n) is 1.52. The summed E-state index contributed by atoms with van der Waals surface area (Å²) in [6.45, 7) is 4.68. The van der Waals surface area contributed by atoms with Crippen LogP contribution < -0.4 is 0 Å². The number of rotatable bonds is 3. The van der Waals surface area contributed by atoms with Gasteiger partial charge in [-0.1, -0.05) is 6.58 Å². The molecule has 0 fully saturated rings. The van der Waals surface area contributed by atoms with Crippen molar-refractivity contribution in [3.63, 3.8) is 0 Å². The predicted molar refractivity (Wildman–Crippen MR) is 41.0 cm³/mol. The molecule has 2 N–H and O–H groups in total. The minimum Gasteiger partial charge on any atom is -0.426 e. The van der Waals surface area contributed by atoms with E-state index in [1.54, 1.807) is 0 Å². The first-order valence-electron chi connectivity index (χ1n) is 2.79. The standard InChI is InChI=1S/C6H9O4P/c1-3-9-11(8)10-5-4-6(2)7/h3,6-8H,1H2,2H3. The van der Waals surface area contributed by atoms with E-state index < -0.39 is 14.7 Å². The van der Waals surface area contributed by atoms with Crippen LogP contribution in [0.25, 0.3) is 0 Å². The van der Waals surface area contributed by atoms with Crippen molar-refractivity contribution in [2.24, 2.45) is 0 Å². The molecule has 11 heavy (non-hydrogen) atoms. The molecule has 0 aromatic rings. The second-order valence-corrected chi connectivity index (χ2v) is 2.39. The van der Waals surface area contributed by atoms with Crippen LogP contribution in [0, 0.1) is 12.0 Å². The van der Waals surface area contributed by atoms with E-state index in [2.05, 4.69) is 27.7 Å². The highest BCUT2D eigenvalue weighted by Gasteiger charge is 2.02. The summed E-state index contributed by atoms with van der Waals surface area (Å²) in [6.07, 6.45) is 2.35. The van der Waals surface area contributed by atoms with Crippen LogP contribution in [0.1, 0.15) is 6.92 Å². The van der Waals surface area contributed by atoms with Gasteiger partial charge in [-0.3, -0.25) is 0 Å². The molecule has 0 heterocycles. The summed E-state index contributed by atoms with van der Waals surface area (Å²) in [5.41, 5.74) is 0. The van der Waals surface area contributed by atoms with Crippen LogP contribution in [0.4, 0.5) is 0 Å². The lowest BCUT2D eigenvalue weighted by molar-refractivity contribution is 0.252. The Kier molecular flexibility index (Phi) is 5.58. The van der Waals surface area contributed by atoms with Gasteiger partial charge >= 0.3 is 8.60 Å². The third-order valence-electron chi connectivity index (χ3n) is 0.556.